The predicted octanol–water partition coefficient (Wildman–Crippen LogP) is 4.63. The molecule has 0 saturated carbocycles. The van der Waals surface area contributed by atoms with E-state index in [4.69, 9.17) is 28.9 Å². The van der Waals surface area contributed by atoms with Crippen molar-refractivity contribution in [1.29, 1.82) is 0 Å². The first kappa shape index (κ1) is 18.2. The molecule has 128 valence electrons. The van der Waals surface area contributed by atoms with Gasteiger partial charge in [-0.05, 0) is 37.3 Å². The van der Waals surface area contributed by atoms with Crippen LogP contribution in [0.1, 0.15) is 11.3 Å². The van der Waals surface area contributed by atoms with E-state index in [1.54, 1.807) is 0 Å². The molecule has 1 aromatic heterocycles. The van der Waals surface area contributed by atoms with Crippen LogP contribution in [-0.4, -0.2) is 11.0 Å². The molecule has 2 amide bonds. The van der Waals surface area contributed by atoms with Crippen molar-refractivity contribution in [2.24, 2.45) is 5.73 Å². The summed E-state index contributed by atoms with van der Waals surface area (Å²) in [5.74, 6) is -0.216. The maximum atomic E-state index is 12.9. The second-order valence-electron chi connectivity index (χ2n) is 4.76. The van der Waals surface area contributed by atoms with Crippen LogP contribution < -0.4 is 16.2 Å². The van der Waals surface area contributed by atoms with Crippen molar-refractivity contribution in [3.63, 3.8) is 0 Å². The van der Waals surface area contributed by atoms with Gasteiger partial charge in [-0.25, -0.2) is 14.8 Å². The molecule has 5 nitrogen and oxygen atoms in total. The quantitative estimate of drug-likeness (QED) is 0.764. The van der Waals surface area contributed by atoms with Crippen molar-refractivity contribution in [3.8, 4) is 0 Å². The standard InChI is InChI=1S/C14H11Cl2F3N4O/c1-7-4-8(14(17,18)19)5-12(21-7)22-23(13(20)24)11-3-2-9(15)6-10(11)16/h2-6H,1H3,(H2,20,24)(H,21,22). The maximum Gasteiger partial charge on any atom is 0.416 e. The highest BCUT2D eigenvalue weighted by atomic mass is 35.5. The summed E-state index contributed by atoms with van der Waals surface area (Å²) < 4.78 is 38.6. The summed E-state index contributed by atoms with van der Waals surface area (Å²) in [4.78, 5) is 15.6. The molecular formula is C14H11Cl2F3N4O. The molecule has 0 fully saturated rings. The molecule has 10 heteroatoms. The second kappa shape index (κ2) is 6.74. The van der Waals surface area contributed by atoms with E-state index >= 15 is 0 Å². The number of hydrogen-bond donors (Lipinski definition) is 2. The van der Waals surface area contributed by atoms with Crippen molar-refractivity contribution < 1.29 is 18.0 Å². The summed E-state index contributed by atoms with van der Waals surface area (Å²) in [6, 6.07) is 4.85. The summed E-state index contributed by atoms with van der Waals surface area (Å²) in [6.07, 6.45) is -4.56. The van der Waals surface area contributed by atoms with Gasteiger partial charge in [0.2, 0.25) is 0 Å². The molecule has 0 aliphatic carbocycles. The van der Waals surface area contributed by atoms with Crippen LogP contribution in [0.3, 0.4) is 0 Å². The van der Waals surface area contributed by atoms with Crippen LogP contribution in [0.15, 0.2) is 30.3 Å². The van der Waals surface area contributed by atoms with E-state index in [1.807, 2.05) is 0 Å². The van der Waals surface area contributed by atoms with Crippen molar-refractivity contribution in [2.75, 3.05) is 10.4 Å². The number of amides is 2. The lowest BCUT2D eigenvalue weighted by Crippen LogP contribution is -2.41. The lowest BCUT2D eigenvalue weighted by Gasteiger charge is -2.23. The zero-order valence-electron chi connectivity index (χ0n) is 12.2. The fourth-order valence-electron chi connectivity index (χ4n) is 1.90. The zero-order valence-corrected chi connectivity index (χ0v) is 13.7. The zero-order chi connectivity index (χ0) is 18.1. The van der Waals surface area contributed by atoms with Gasteiger partial charge >= 0.3 is 12.2 Å². The molecule has 0 saturated heterocycles. The Morgan fingerprint density at radius 2 is 1.92 bits per heavy atom. The molecule has 0 atom stereocenters. The number of pyridine rings is 1. The highest BCUT2D eigenvalue weighted by Gasteiger charge is 2.31. The molecule has 2 aromatic rings. The number of alkyl halides is 3. The third kappa shape index (κ3) is 4.21. The van der Waals surface area contributed by atoms with Gasteiger partial charge < -0.3 is 5.73 Å². The number of benzene rings is 1. The van der Waals surface area contributed by atoms with Gasteiger partial charge in [0.25, 0.3) is 0 Å². The van der Waals surface area contributed by atoms with E-state index in [0.29, 0.717) is 5.02 Å². The number of nitrogens with zero attached hydrogens (tertiary/aromatic N) is 2. The number of hydrazine groups is 1. The van der Waals surface area contributed by atoms with Gasteiger partial charge in [0.1, 0.15) is 5.82 Å². The van der Waals surface area contributed by atoms with Crippen molar-refractivity contribution in [1.82, 2.24) is 4.98 Å². The Morgan fingerprint density at radius 3 is 2.46 bits per heavy atom. The number of primary amides is 1. The smallest absolute Gasteiger partial charge is 0.350 e. The SMILES string of the molecule is Cc1cc(C(F)(F)F)cc(NN(C(N)=O)c2ccc(Cl)cc2Cl)n1. The molecular weight excluding hydrogens is 368 g/mol. The number of aryl methyl sites for hydroxylation is 1. The highest BCUT2D eigenvalue weighted by Crippen LogP contribution is 2.32. The van der Waals surface area contributed by atoms with Gasteiger partial charge in [0.05, 0.1) is 16.3 Å². The highest BCUT2D eigenvalue weighted by molar-refractivity contribution is 6.36. The minimum Gasteiger partial charge on any atom is -0.350 e. The van der Waals surface area contributed by atoms with Gasteiger partial charge in [0, 0.05) is 10.7 Å². The second-order valence-corrected chi connectivity index (χ2v) is 5.61. The Morgan fingerprint density at radius 1 is 1.25 bits per heavy atom. The average Bonchev–Trinajstić information content (AvgIpc) is 2.43. The monoisotopic (exact) mass is 378 g/mol. The Balaban J connectivity index is 2.42. The van der Waals surface area contributed by atoms with E-state index in [1.165, 1.54) is 25.1 Å². The third-order valence-electron chi connectivity index (χ3n) is 2.88. The lowest BCUT2D eigenvalue weighted by molar-refractivity contribution is -0.137. The van der Waals surface area contributed by atoms with Gasteiger partial charge in [-0.2, -0.15) is 13.2 Å². The van der Waals surface area contributed by atoms with Gasteiger partial charge in [-0.15, -0.1) is 0 Å². The molecule has 0 bridgehead atoms. The number of carbonyl (C=O) groups excluding carboxylic acids is 1. The number of urea groups is 1. The first-order valence-corrected chi connectivity index (χ1v) is 7.20. The Hall–Kier alpha value is -2.19. The first-order valence-electron chi connectivity index (χ1n) is 6.45. The summed E-state index contributed by atoms with van der Waals surface area (Å²) in [5.41, 5.74) is 7.01. The fourth-order valence-corrected chi connectivity index (χ4v) is 2.39. The number of anilines is 2. The van der Waals surface area contributed by atoms with Crippen LogP contribution in [0.2, 0.25) is 10.0 Å². The normalized spacial score (nSPS) is 11.2. The summed E-state index contributed by atoms with van der Waals surface area (Å²) in [7, 11) is 0. The number of rotatable bonds is 3. The van der Waals surface area contributed by atoms with Crippen LogP contribution in [-0.2, 0) is 6.18 Å². The first-order chi connectivity index (χ1) is 11.1. The maximum absolute atomic E-state index is 12.9. The number of carbonyl (C=O) groups is 1. The van der Waals surface area contributed by atoms with Crippen molar-refractivity contribution in [2.45, 2.75) is 13.1 Å². The van der Waals surface area contributed by atoms with Gasteiger partial charge in [-0.1, -0.05) is 23.2 Å². The van der Waals surface area contributed by atoms with E-state index < -0.39 is 17.8 Å². The molecule has 2 rings (SSSR count). The third-order valence-corrected chi connectivity index (χ3v) is 3.42. The lowest BCUT2D eigenvalue weighted by atomic mass is 10.2. The van der Waals surface area contributed by atoms with Gasteiger partial charge in [-0.3, -0.25) is 5.43 Å². The van der Waals surface area contributed by atoms with Crippen molar-refractivity contribution in [3.05, 3.63) is 51.6 Å². The van der Waals surface area contributed by atoms with Crippen LogP contribution >= 0.6 is 23.2 Å². The number of halogens is 5. The Kier molecular flexibility index (Phi) is 5.10. The van der Waals surface area contributed by atoms with Crippen LogP contribution in [0.25, 0.3) is 0 Å². The molecule has 3 N–H and O–H groups in total. The number of nitrogens with one attached hydrogen (secondary N) is 1. The van der Waals surface area contributed by atoms with E-state index in [9.17, 15) is 18.0 Å². The molecule has 24 heavy (non-hydrogen) atoms. The van der Waals surface area contributed by atoms with E-state index in [0.717, 1.165) is 17.1 Å². The average molecular weight is 379 g/mol. The van der Waals surface area contributed by atoms with E-state index in [2.05, 4.69) is 10.4 Å². The molecule has 0 spiro atoms. The van der Waals surface area contributed by atoms with Crippen LogP contribution in [0.5, 0.6) is 0 Å². The Labute approximate surface area is 145 Å². The summed E-state index contributed by atoms with van der Waals surface area (Å²) in [6.45, 7) is 1.39. The Bertz CT molecular complexity index is 783. The minimum absolute atomic E-state index is 0.0810. The number of nitrogens with two attached hydrogens (primary N) is 1. The molecule has 0 radical (unpaired) electrons. The molecule has 0 aliphatic heterocycles. The molecule has 0 aliphatic rings. The number of hydrogen-bond acceptors (Lipinski definition) is 3. The largest absolute Gasteiger partial charge is 0.416 e. The number of aromatic nitrogens is 1. The van der Waals surface area contributed by atoms with Crippen molar-refractivity contribution >= 4 is 40.7 Å². The fraction of sp³-hybridized carbons (Fsp3) is 0.143. The van der Waals surface area contributed by atoms with Crippen LogP contribution in [0.4, 0.5) is 29.5 Å². The molecule has 1 heterocycles. The molecule has 0 unspecified atom stereocenters. The van der Waals surface area contributed by atoms with Crippen LogP contribution in [0, 0.1) is 6.92 Å². The van der Waals surface area contributed by atoms with Gasteiger partial charge in [0.15, 0.2) is 0 Å². The minimum atomic E-state index is -4.56. The molecule has 1 aromatic carbocycles. The topological polar surface area (TPSA) is 71.2 Å². The summed E-state index contributed by atoms with van der Waals surface area (Å²) in [5, 5.41) is 1.18. The van der Waals surface area contributed by atoms with E-state index in [-0.39, 0.29) is 22.2 Å². The summed E-state index contributed by atoms with van der Waals surface area (Å²) >= 11 is 11.8. The predicted molar refractivity (Wildman–Crippen MR) is 86.1 cm³/mol.